The largest absolute Gasteiger partial charge is 0.484 e. The van der Waals surface area contributed by atoms with E-state index in [9.17, 15) is 4.79 Å². The molecule has 1 aromatic heterocycles. The molecule has 2 heterocycles. The maximum atomic E-state index is 13.7. The van der Waals surface area contributed by atoms with E-state index in [4.69, 9.17) is 25.7 Å². The minimum atomic E-state index is -2.16. The first kappa shape index (κ1) is 21.8. The molecule has 0 amide bonds. The maximum Gasteiger partial charge on any atom is 0.199 e. The van der Waals surface area contributed by atoms with Crippen molar-refractivity contribution in [3.8, 4) is 17.0 Å². The summed E-state index contributed by atoms with van der Waals surface area (Å²) >= 11 is 10.1. The summed E-state index contributed by atoms with van der Waals surface area (Å²) in [6, 6.07) is 19.6. The summed E-state index contributed by atoms with van der Waals surface area (Å²) in [4.78, 5) is 18.7. The SMILES string of the molecule is C[Si](C)(C)OC12C(=O)CC(c3ccccc3)C1Oc1cc(Cl)c(-c3ccc(Br)cc3)nc12. The number of hydrogen-bond donors (Lipinski definition) is 0. The summed E-state index contributed by atoms with van der Waals surface area (Å²) in [5, 5.41) is 0.484. The molecule has 1 fully saturated rings. The highest BCUT2D eigenvalue weighted by Gasteiger charge is 2.66. The molecule has 3 aromatic rings. The maximum absolute atomic E-state index is 13.7. The van der Waals surface area contributed by atoms with E-state index in [1.807, 2.05) is 54.6 Å². The first-order valence-electron chi connectivity index (χ1n) is 10.6. The smallest absolute Gasteiger partial charge is 0.199 e. The van der Waals surface area contributed by atoms with E-state index in [0.717, 1.165) is 15.6 Å². The summed E-state index contributed by atoms with van der Waals surface area (Å²) in [6.45, 7) is 6.27. The normalized spacial score (nSPS) is 24.2. The van der Waals surface area contributed by atoms with Gasteiger partial charge in [-0.25, -0.2) is 4.98 Å². The van der Waals surface area contributed by atoms with Crippen molar-refractivity contribution >= 4 is 41.6 Å². The Labute approximate surface area is 202 Å². The van der Waals surface area contributed by atoms with Crippen molar-refractivity contribution in [1.29, 1.82) is 0 Å². The summed E-state index contributed by atoms with van der Waals surface area (Å²) < 4.78 is 14.1. The van der Waals surface area contributed by atoms with Crippen molar-refractivity contribution in [3.05, 3.63) is 81.4 Å². The highest BCUT2D eigenvalue weighted by Crippen LogP contribution is 2.56. The number of hydrogen-bond acceptors (Lipinski definition) is 4. The van der Waals surface area contributed by atoms with E-state index < -0.39 is 20.0 Å². The van der Waals surface area contributed by atoms with Crippen LogP contribution in [-0.4, -0.2) is 25.2 Å². The summed E-state index contributed by atoms with van der Waals surface area (Å²) in [5.74, 6) is 0.450. The summed E-state index contributed by atoms with van der Waals surface area (Å²) in [5.41, 5.74) is 1.90. The number of halogens is 2. The van der Waals surface area contributed by atoms with Gasteiger partial charge in [0.1, 0.15) is 17.5 Å². The van der Waals surface area contributed by atoms with Crippen LogP contribution in [0.4, 0.5) is 0 Å². The van der Waals surface area contributed by atoms with Gasteiger partial charge in [0.2, 0.25) is 0 Å². The van der Waals surface area contributed by atoms with Crippen molar-refractivity contribution in [2.75, 3.05) is 0 Å². The van der Waals surface area contributed by atoms with Crippen LogP contribution in [0, 0.1) is 0 Å². The number of ketones is 1. The van der Waals surface area contributed by atoms with Crippen LogP contribution >= 0.6 is 27.5 Å². The second-order valence-corrected chi connectivity index (χ2v) is 15.1. The third kappa shape index (κ3) is 3.54. The van der Waals surface area contributed by atoms with Gasteiger partial charge >= 0.3 is 0 Å². The van der Waals surface area contributed by atoms with E-state index >= 15 is 0 Å². The molecule has 0 radical (unpaired) electrons. The van der Waals surface area contributed by atoms with Gasteiger partial charge in [-0.2, -0.15) is 0 Å². The molecule has 3 unspecified atom stereocenters. The number of ether oxygens (including phenoxy) is 1. The van der Waals surface area contributed by atoms with Gasteiger partial charge in [-0.15, -0.1) is 0 Å². The van der Waals surface area contributed by atoms with Gasteiger partial charge in [-0.1, -0.05) is 70.0 Å². The Morgan fingerprint density at radius 3 is 2.47 bits per heavy atom. The molecule has 0 saturated heterocycles. The van der Waals surface area contributed by atoms with Crippen LogP contribution in [0.5, 0.6) is 5.75 Å². The lowest BCUT2D eigenvalue weighted by molar-refractivity contribution is -0.135. The highest BCUT2D eigenvalue weighted by molar-refractivity contribution is 9.10. The lowest BCUT2D eigenvalue weighted by Gasteiger charge is -2.34. The fourth-order valence-corrected chi connectivity index (χ4v) is 6.55. The molecule has 0 spiro atoms. The van der Waals surface area contributed by atoms with Gasteiger partial charge in [0, 0.05) is 28.4 Å². The first-order valence-corrected chi connectivity index (χ1v) is 15.2. The third-order valence-electron chi connectivity index (χ3n) is 5.94. The second kappa shape index (κ2) is 7.80. The second-order valence-electron chi connectivity index (χ2n) is 9.31. The fourth-order valence-electron chi connectivity index (χ4n) is 4.75. The molecule has 1 aliphatic heterocycles. The molecule has 7 heteroatoms. The monoisotopic (exact) mass is 527 g/mol. The van der Waals surface area contributed by atoms with Gasteiger partial charge in [-0.05, 0) is 37.3 Å². The van der Waals surface area contributed by atoms with Crippen LogP contribution in [0.25, 0.3) is 11.3 Å². The van der Waals surface area contributed by atoms with Gasteiger partial charge in [0.05, 0.1) is 10.7 Å². The average molecular weight is 529 g/mol. The van der Waals surface area contributed by atoms with Crippen LogP contribution in [0.15, 0.2) is 65.1 Å². The minimum Gasteiger partial charge on any atom is -0.484 e. The molecule has 1 saturated carbocycles. The molecule has 2 aliphatic rings. The van der Waals surface area contributed by atoms with E-state index in [1.54, 1.807) is 6.07 Å². The van der Waals surface area contributed by atoms with Crippen molar-refractivity contribution in [2.24, 2.45) is 0 Å². The molecule has 164 valence electrons. The number of rotatable bonds is 4. The quantitative estimate of drug-likeness (QED) is 0.352. The fraction of sp³-hybridized carbons (Fsp3) is 0.280. The van der Waals surface area contributed by atoms with E-state index in [-0.39, 0.29) is 11.7 Å². The van der Waals surface area contributed by atoms with Gasteiger partial charge in [-0.3, -0.25) is 4.79 Å². The molecular weight excluding hydrogens is 506 g/mol. The number of Topliss-reactive ketones (excluding diaryl/α,β-unsaturated/α-hetero) is 1. The molecule has 4 nitrogen and oxygen atoms in total. The van der Waals surface area contributed by atoms with Crippen molar-refractivity contribution < 1.29 is 14.0 Å². The molecule has 1 aliphatic carbocycles. The van der Waals surface area contributed by atoms with Gasteiger partial charge in [0.25, 0.3) is 0 Å². The molecule has 0 N–H and O–H groups in total. The average Bonchev–Trinajstić information content (AvgIpc) is 3.18. The standard InChI is InChI=1S/C25H23BrClNO3Si/c1-32(2,3)31-25-21(29)13-18(15-7-5-4-6-8-15)24(25)30-20-14-19(27)22(28-23(20)25)16-9-11-17(26)12-10-16/h4-12,14,18,24H,13H2,1-3H3. The van der Waals surface area contributed by atoms with Crippen molar-refractivity contribution in [1.82, 2.24) is 4.98 Å². The van der Waals surface area contributed by atoms with E-state index in [2.05, 4.69) is 35.6 Å². The Balaban J connectivity index is 1.69. The lowest BCUT2D eigenvalue weighted by atomic mass is 9.90. The number of pyridine rings is 1. The van der Waals surface area contributed by atoms with Crippen molar-refractivity contribution in [2.45, 2.75) is 43.7 Å². The molecule has 3 atom stereocenters. The van der Waals surface area contributed by atoms with Crippen LogP contribution in [0.3, 0.4) is 0 Å². The number of carbonyl (C=O) groups is 1. The Kier molecular flexibility index (Phi) is 5.32. The van der Waals surface area contributed by atoms with Crippen LogP contribution in [0.2, 0.25) is 24.7 Å². The van der Waals surface area contributed by atoms with E-state index in [0.29, 0.717) is 28.6 Å². The predicted molar refractivity (Wildman–Crippen MR) is 132 cm³/mol. The first-order chi connectivity index (χ1) is 15.2. The third-order valence-corrected chi connectivity index (χ3v) is 7.70. The number of aromatic nitrogens is 1. The minimum absolute atomic E-state index is 0.0223. The highest BCUT2D eigenvalue weighted by atomic mass is 79.9. The number of fused-ring (bicyclic) bond motifs is 3. The zero-order valence-corrected chi connectivity index (χ0v) is 21.4. The number of nitrogens with zero attached hydrogens (tertiary/aromatic N) is 1. The lowest BCUT2D eigenvalue weighted by Crippen LogP contribution is -2.49. The van der Waals surface area contributed by atoms with Gasteiger partial charge in [0.15, 0.2) is 19.7 Å². The van der Waals surface area contributed by atoms with Crippen LogP contribution < -0.4 is 4.74 Å². The van der Waals surface area contributed by atoms with Crippen LogP contribution in [0.1, 0.15) is 23.6 Å². The molecule has 32 heavy (non-hydrogen) atoms. The zero-order valence-electron chi connectivity index (χ0n) is 18.1. The molecule has 5 rings (SSSR count). The molecule has 0 bridgehead atoms. The Bertz CT molecular complexity index is 1200. The predicted octanol–water partition coefficient (Wildman–Crippen LogP) is 6.73. The Hall–Kier alpha value is -1.99. The molecule has 2 aromatic carbocycles. The molecular formula is C25H23BrClNO3Si. The summed E-state index contributed by atoms with van der Waals surface area (Å²) in [7, 11) is -2.16. The topological polar surface area (TPSA) is 48.4 Å². The van der Waals surface area contributed by atoms with Crippen LogP contribution in [-0.2, 0) is 14.8 Å². The number of benzene rings is 2. The van der Waals surface area contributed by atoms with E-state index in [1.165, 1.54) is 0 Å². The zero-order chi connectivity index (χ0) is 22.7. The summed E-state index contributed by atoms with van der Waals surface area (Å²) in [6.07, 6.45) is -0.112. The Morgan fingerprint density at radius 1 is 1.12 bits per heavy atom. The Morgan fingerprint density at radius 2 is 1.81 bits per heavy atom. The van der Waals surface area contributed by atoms with Gasteiger partial charge < -0.3 is 9.16 Å². The van der Waals surface area contributed by atoms with Crippen molar-refractivity contribution in [3.63, 3.8) is 0 Å². The number of carbonyl (C=O) groups excluding carboxylic acids is 1.